The molecule has 1 fully saturated rings. The number of ether oxygens (including phenoxy) is 1. The zero-order valence-corrected chi connectivity index (χ0v) is 17.8. The molecule has 2 aliphatic carbocycles. The van der Waals surface area contributed by atoms with Crippen molar-refractivity contribution in [3.8, 4) is 5.75 Å². The quantitative estimate of drug-likeness (QED) is 0.435. The lowest BCUT2D eigenvalue weighted by molar-refractivity contribution is -0.275. The van der Waals surface area contributed by atoms with Crippen LogP contribution in [0.5, 0.6) is 5.75 Å². The van der Waals surface area contributed by atoms with Crippen LogP contribution in [0.2, 0.25) is 0 Å². The van der Waals surface area contributed by atoms with Gasteiger partial charge in [-0.05, 0) is 90.3 Å². The number of halogens is 4. The fourth-order valence-electron chi connectivity index (χ4n) is 5.09. The van der Waals surface area contributed by atoms with E-state index in [1.807, 2.05) is 6.08 Å². The first-order valence-corrected chi connectivity index (χ1v) is 11.2. The molecular formula is C26H28F4O. The van der Waals surface area contributed by atoms with E-state index in [1.165, 1.54) is 56.2 Å². The summed E-state index contributed by atoms with van der Waals surface area (Å²) in [6, 6.07) is 11.0. The van der Waals surface area contributed by atoms with Crippen molar-refractivity contribution < 1.29 is 22.3 Å². The van der Waals surface area contributed by atoms with Gasteiger partial charge in [-0.25, -0.2) is 4.39 Å². The minimum atomic E-state index is -4.90. The molecule has 0 amide bonds. The number of hydrogen-bond donors (Lipinski definition) is 0. The van der Waals surface area contributed by atoms with Crippen molar-refractivity contribution in [3.63, 3.8) is 0 Å². The van der Waals surface area contributed by atoms with Gasteiger partial charge in [0.05, 0.1) is 0 Å². The third-order valence-electron chi connectivity index (χ3n) is 6.73. The van der Waals surface area contributed by atoms with Crippen molar-refractivity contribution in [2.75, 3.05) is 0 Å². The van der Waals surface area contributed by atoms with Gasteiger partial charge >= 0.3 is 6.36 Å². The van der Waals surface area contributed by atoms with Crippen molar-refractivity contribution in [1.82, 2.24) is 0 Å². The van der Waals surface area contributed by atoms with Crippen LogP contribution in [-0.2, 0) is 12.8 Å². The highest BCUT2D eigenvalue weighted by Crippen LogP contribution is 2.38. The van der Waals surface area contributed by atoms with Gasteiger partial charge in [-0.2, -0.15) is 0 Å². The minimum absolute atomic E-state index is 0.461. The van der Waals surface area contributed by atoms with Crippen LogP contribution < -0.4 is 4.74 Å². The fraction of sp³-hybridized carbons (Fsp3) is 0.462. The number of hydrogen-bond acceptors (Lipinski definition) is 1. The Kier molecular flexibility index (Phi) is 6.40. The maximum absolute atomic E-state index is 14.1. The van der Waals surface area contributed by atoms with Gasteiger partial charge in [-0.1, -0.05) is 50.1 Å². The highest BCUT2D eigenvalue weighted by atomic mass is 19.4. The zero-order valence-electron chi connectivity index (χ0n) is 17.8. The monoisotopic (exact) mass is 432 g/mol. The molecule has 1 nitrogen and oxygen atoms in total. The molecule has 0 aromatic heterocycles. The molecule has 2 aromatic carbocycles. The van der Waals surface area contributed by atoms with E-state index >= 15 is 0 Å². The summed E-state index contributed by atoms with van der Waals surface area (Å²) in [5.74, 6) is -0.229. The van der Waals surface area contributed by atoms with Gasteiger partial charge in [0.25, 0.3) is 0 Å². The second kappa shape index (κ2) is 9.05. The van der Waals surface area contributed by atoms with Gasteiger partial charge in [-0.3, -0.25) is 0 Å². The molecule has 2 aromatic rings. The topological polar surface area (TPSA) is 9.23 Å². The van der Waals surface area contributed by atoms with Crippen LogP contribution in [0.25, 0.3) is 5.57 Å². The number of benzene rings is 2. The highest BCUT2D eigenvalue weighted by Gasteiger charge is 2.33. The lowest BCUT2D eigenvalue weighted by atomic mass is 9.77. The Labute approximate surface area is 181 Å². The number of allylic oxidation sites excluding steroid dienone is 2. The Morgan fingerprint density at radius 2 is 1.68 bits per heavy atom. The predicted octanol–water partition coefficient (Wildman–Crippen LogP) is 7.98. The summed E-state index contributed by atoms with van der Waals surface area (Å²) in [4.78, 5) is 0. The van der Waals surface area contributed by atoms with Crippen LogP contribution in [-0.4, -0.2) is 6.36 Å². The van der Waals surface area contributed by atoms with Crippen LogP contribution in [0.4, 0.5) is 17.6 Å². The summed E-state index contributed by atoms with van der Waals surface area (Å²) < 4.78 is 55.3. The van der Waals surface area contributed by atoms with Crippen LogP contribution in [0, 0.1) is 11.7 Å². The predicted molar refractivity (Wildman–Crippen MR) is 115 cm³/mol. The van der Waals surface area contributed by atoms with Gasteiger partial charge in [0.1, 0.15) is 0 Å². The summed E-state index contributed by atoms with van der Waals surface area (Å²) in [5, 5.41) is 0. The molecule has 166 valence electrons. The molecule has 0 N–H and O–H groups in total. The van der Waals surface area contributed by atoms with E-state index in [-0.39, 0.29) is 0 Å². The molecule has 0 radical (unpaired) electrons. The highest BCUT2D eigenvalue weighted by molar-refractivity contribution is 5.71. The van der Waals surface area contributed by atoms with E-state index in [0.717, 1.165) is 17.1 Å². The molecule has 31 heavy (non-hydrogen) atoms. The molecule has 5 heteroatoms. The smallest absolute Gasteiger partial charge is 0.403 e. The van der Waals surface area contributed by atoms with E-state index in [4.69, 9.17) is 0 Å². The zero-order chi connectivity index (χ0) is 22.0. The van der Waals surface area contributed by atoms with Crippen molar-refractivity contribution in [1.29, 1.82) is 0 Å². The largest absolute Gasteiger partial charge is 0.573 e. The third-order valence-corrected chi connectivity index (χ3v) is 6.73. The lowest BCUT2D eigenvalue weighted by Gasteiger charge is -2.28. The summed E-state index contributed by atoms with van der Waals surface area (Å²) in [6.07, 6.45) is 5.81. The van der Waals surface area contributed by atoms with Crippen LogP contribution in [0.3, 0.4) is 0 Å². The lowest BCUT2D eigenvalue weighted by Crippen LogP contribution is -2.18. The molecule has 0 spiro atoms. The molecular weight excluding hydrogens is 404 g/mol. The van der Waals surface area contributed by atoms with E-state index < -0.39 is 17.9 Å². The average Bonchev–Trinajstić information content (AvgIpc) is 2.74. The van der Waals surface area contributed by atoms with Crippen molar-refractivity contribution in [3.05, 3.63) is 70.5 Å². The Hall–Kier alpha value is -2.30. The van der Waals surface area contributed by atoms with E-state index in [0.29, 0.717) is 29.9 Å². The average molecular weight is 433 g/mol. The Morgan fingerprint density at radius 3 is 2.32 bits per heavy atom. The molecule has 0 atom stereocenters. The maximum Gasteiger partial charge on any atom is 0.573 e. The van der Waals surface area contributed by atoms with Crippen LogP contribution in [0.15, 0.2) is 42.5 Å². The summed E-state index contributed by atoms with van der Waals surface area (Å²) in [5.41, 5.74) is 4.93. The first-order chi connectivity index (χ1) is 14.8. The second-order valence-corrected chi connectivity index (χ2v) is 8.84. The van der Waals surface area contributed by atoms with Gasteiger partial charge in [0.15, 0.2) is 11.6 Å². The summed E-state index contributed by atoms with van der Waals surface area (Å²) >= 11 is 0. The van der Waals surface area contributed by atoms with Gasteiger partial charge in [0.2, 0.25) is 0 Å². The molecule has 0 bridgehead atoms. The summed E-state index contributed by atoms with van der Waals surface area (Å²) in [6.45, 7) is 2.26. The second-order valence-electron chi connectivity index (χ2n) is 8.84. The number of fused-ring (bicyclic) bond motifs is 1. The third kappa shape index (κ3) is 5.31. The standard InChI is InChI=1S/C26H28F4O/c1-2-3-17-4-6-18(7-5-17)19-8-10-20(11-9-19)21-12-13-22-16-25(31-26(28,29)30)24(27)15-23(22)14-21/h8-12,15-18H,2-7,13-14H2,1H3. The normalized spacial score (nSPS) is 21.4. The molecule has 0 unspecified atom stereocenters. The van der Waals surface area contributed by atoms with Crippen molar-refractivity contribution in [2.24, 2.45) is 5.92 Å². The van der Waals surface area contributed by atoms with Gasteiger partial charge in [-0.15, -0.1) is 13.2 Å². The maximum atomic E-state index is 14.1. The van der Waals surface area contributed by atoms with E-state index in [2.05, 4.69) is 35.9 Å². The molecule has 0 saturated heterocycles. The first kappa shape index (κ1) is 21.9. The molecule has 2 aliphatic rings. The van der Waals surface area contributed by atoms with E-state index in [9.17, 15) is 17.6 Å². The Balaban J connectivity index is 1.43. The summed E-state index contributed by atoms with van der Waals surface area (Å²) in [7, 11) is 0. The number of rotatable bonds is 5. The first-order valence-electron chi connectivity index (χ1n) is 11.2. The van der Waals surface area contributed by atoms with Gasteiger partial charge in [0, 0.05) is 0 Å². The Morgan fingerprint density at radius 1 is 0.968 bits per heavy atom. The minimum Gasteiger partial charge on any atom is -0.403 e. The molecule has 0 heterocycles. The Bertz CT molecular complexity index is 935. The van der Waals surface area contributed by atoms with Gasteiger partial charge < -0.3 is 4.74 Å². The van der Waals surface area contributed by atoms with E-state index in [1.54, 1.807) is 0 Å². The SMILES string of the molecule is CCCC1CCC(c2ccc(C3=CCc4cc(OC(F)(F)F)c(F)cc4C3)cc2)CC1. The molecule has 0 aliphatic heterocycles. The van der Waals surface area contributed by atoms with Crippen molar-refractivity contribution in [2.45, 2.75) is 70.6 Å². The van der Waals surface area contributed by atoms with Crippen molar-refractivity contribution >= 4 is 5.57 Å². The fourth-order valence-corrected chi connectivity index (χ4v) is 5.09. The van der Waals surface area contributed by atoms with Crippen LogP contribution in [0.1, 0.15) is 73.6 Å². The molecule has 4 rings (SSSR count). The molecule has 1 saturated carbocycles. The van der Waals surface area contributed by atoms with Crippen LogP contribution >= 0.6 is 0 Å². The number of alkyl halides is 3.